The molecular formula is C9H17N3O2. The minimum atomic E-state index is -0.747. The summed E-state index contributed by atoms with van der Waals surface area (Å²) in [4.78, 5) is 12.6. The molecule has 3 N–H and O–H groups in total. The molecule has 80 valence electrons. The van der Waals surface area contributed by atoms with Gasteiger partial charge in [-0.25, -0.2) is 0 Å². The smallest absolute Gasteiger partial charge is 0.248 e. The molecule has 0 aliphatic carbocycles. The third kappa shape index (κ3) is 3.10. The van der Waals surface area contributed by atoms with Gasteiger partial charge in [-0.1, -0.05) is 6.92 Å². The number of amides is 1. The maximum Gasteiger partial charge on any atom is 0.248 e. The summed E-state index contributed by atoms with van der Waals surface area (Å²) in [7, 11) is 0. The van der Waals surface area contributed by atoms with Crippen molar-refractivity contribution in [1.82, 2.24) is 15.5 Å². The fraction of sp³-hybridized carbons (Fsp3) is 0.667. The standard InChI is InChI=1S/C9H17N3O2/c1-2-10-7-11-5-6-12-8(13)3-4-9(12)14/h3-4,8,10-11,13H,2,5-7H2,1H3. The van der Waals surface area contributed by atoms with Gasteiger partial charge in [0.2, 0.25) is 5.91 Å². The van der Waals surface area contributed by atoms with Crippen molar-refractivity contribution in [3.63, 3.8) is 0 Å². The highest BCUT2D eigenvalue weighted by Gasteiger charge is 2.22. The lowest BCUT2D eigenvalue weighted by atomic mass is 10.5. The maximum absolute atomic E-state index is 11.1. The lowest BCUT2D eigenvalue weighted by Crippen LogP contribution is -2.40. The van der Waals surface area contributed by atoms with E-state index in [1.165, 1.54) is 17.1 Å². The summed E-state index contributed by atoms with van der Waals surface area (Å²) < 4.78 is 0. The van der Waals surface area contributed by atoms with Gasteiger partial charge < -0.3 is 20.6 Å². The highest BCUT2D eigenvalue weighted by atomic mass is 16.3. The van der Waals surface area contributed by atoms with Gasteiger partial charge in [-0.3, -0.25) is 4.79 Å². The summed E-state index contributed by atoms with van der Waals surface area (Å²) in [5, 5.41) is 15.6. The molecule has 0 spiro atoms. The molecule has 0 fully saturated rings. The average molecular weight is 199 g/mol. The number of hydrogen-bond acceptors (Lipinski definition) is 4. The Labute approximate surface area is 83.8 Å². The molecule has 0 aromatic heterocycles. The zero-order valence-corrected chi connectivity index (χ0v) is 8.36. The van der Waals surface area contributed by atoms with Crippen LogP contribution in [-0.4, -0.2) is 48.4 Å². The molecular weight excluding hydrogens is 182 g/mol. The molecule has 0 aromatic carbocycles. The van der Waals surface area contributed by atoms with Crippen LogP contribution in [-0.2, 0) is 4.79 Å². The summed E-state index contributed by atoms with van der Waals surface area (Å²) in [5.74, 6) is -0.122. The second-order valence-corrected chi connectivity index (χ2v) is 3.08. The summed E-state index contributed by atoms with van der Waals surface area (Å²) in [5.41, 5.74) is 0. The van der Waals surface area contributed by atoms with Gasteiger partial charge >= 0.3 is 0 Å². The van der Waals surface area contributed by atoms with Crippen LogP contribution in [0.5, 0.6) is 0 Å². The molecule has 0 saturated carbocycles. The summed E-state index contributed by atoms with van der Waals surface area (Å²) >= 11 is 0. The van der Waals surface area contributed by atoms with Crippen molar-refractivity contribution in [2.45, 2.75) is 13.2 Å². The lowest BCUT2D eigenvalue weighted by molar-refractivity contribution is -0.130. The fourth-order valence-electron chi connectivity index (χ4n) is 1.24. The zero-order valence-electron chi connectivity index (χ0n) is 8.36. The van der Waals surface area contributed by atoms with Crippen molar-refractivity contribution in [1.29, 1.82) is 0 Å². The van der Waals surface area contributed by atoms with E-state index in [1.807, 2.05) is 6.92 Å². The summed E-state index contributed by atoms with van der Waals surface area (Å²) in [6.45, 7) is 4.87. The molecule has 0 bridgehead atoms. The first kappa shape index (κ1) is 11.2. The molecule has 1 aliphatic rings. The van der Waals surface area contributed by atoms with E-state index in [9.17, 15) is 9.90 Å². The first-order valence-corrected chi connectivity index (χ1v) is 4.84. The Hall–Kier alpha value is -0.910. The van der Waals surface area contributed by atoms with E-state index in [1.54, 1.807) is 0 Å². The van der Waals surface area contributed by atoms with E-state index < -0.39 is 6.23 Å². The van der Waals surface area contributed by atoms with E-state index in [0.29, 0.717) is 13.1 Å². The van der Waals surface area contributed by atoms with Crippen LogP contribution in [0.2, 0.25) is 0 Å². The quantitative estimate of drug-likeness (QED) is 0.374. The monoisotopic (exact) mass is 199 g/mol. The van der Waals surface area contributed by atoms with Crippen LogP contribution in [0.25, 0.3) is 0 Å². The summed E-state index contributed by atoms with van der Waals surface area (Å²) in [6, 6.07) is 0. The Kier molecular flexibility index (Phi) is 4.58. The normalized spacial score (nSPS) is 20.9. The Morgan fingerprint density at radius 2 is 2.36 bits per heavy atom. The minimum Gasteiger partial charge on any atom is -0.370 e. The maximum atomic E-state index is 11.1. The third-order valence-corrected chi connectivity index (χ3v) is 2.04. The molecule has 0 radical (unpaired) electrons. The molecule has 0 aromatic rings. The number of carbonyl (C=O) groups excluding carboxylic acids is 1. The van der Waals surface area contributed by atoms with Crippen molar-refractivity contribution < 1.29 is 9.90 Å². The number of aliphatic hydroxyl groups is 1. The number of aliphatic hydroxyl groups excluding tert-OH is 1. The topological polar surface area (TPSA) is 64.6 Å². The van der Waals surface area contributed by atoms with Crippen LogP contribution in [0, 0.1) is 0 Å². The highest BCUT2D eigenvalue weighted by molar-refractivity contribution is 5.90. The third-order valence-electron chi connectivity index (χ3n) is 2.04. The Bertz CT molecular complexity index is 218. The molecule has 1 amide bonds. The lowest BCUT2D eigenvalue weighted by Gasteiger charge is -2.20. The predicted molar refractivity (Wildman–Crippen MR) is 53.4 cm³/mol. The largest absolute Gasteiger partial charge is 0.370 e. The van der Waals surface area contributed by atoms with Crippen molar-refractivity contribution in [2.24, 2.45) is 0 Å². The van der Waals surface area contributed by atoms with E-state index in [2.05, 4.69) is 10.6 Å². The van der Waals surface area contributed by atoms with Gasteiger partial charge in [0.15, 0.2) is 0 Å². The molecule has 1 heterocycles. The molecule has 5 heteroatoms. The number of rotatable bonds is 6. The predicted octanol–water partition coefficient (Wildman–Crippen LogP) is -1.14. The SMILES string of the molecule is CCNCNCCN1C(=O)C=CC1O. The second kappa shape index (κ2) is 5.74. The van der Waals surface area contributed by atoms with Gasteiger partial charge in [-0.15, -0.1) is 0 Å². The van der Waals surface area contributed by atoms with Crippen LogP contribution >= 0.6 is 0 Å². The summed E-state index contributed by atoms with van der Waals surface area (Å²) in [6.07, 6.45) is 2.14. The van der Waals surface area contributed by atoms with Crippen LogP contribution in [0.15, 0.2) is 12.2 Å². The van der Waals surface area contributed by atoms with E-state index in [-0.39, 0.29) is 5.91 Å². The van der Waals surface area contributed by atoms with E-state index in [4.69, 9.17) is 0 Å². The molecule has 1 atom stereocenters. The highest BCUT2D eigenvalue weighted by Crippen LogP contribution is 2.06. The molecule has 1 rings (SSSR count). The number of hydrogen-bond donors (Lipinski definition) is 3. The van der Waals surface area contributed by atoms with Crippen molar-refractivity contribution in [3.05, 3.63) is 12.2 Å². The molecule has 14 heavy (non-hydrogen) atoms. The van der Waals surface area contributed by atoms with Crippen molar-refractivity contribution >= 4 is 5.91 Å². The zero-order chi connectivity index (χ0) is 10.4. The Morgan fingerprint density at radius 3 is 2.93 bits per heavy atom. The average Bonchev–Trinajstić information content (AvgIpc) is 2.48. The molecule has 1 unspecified atom stereocenters. The van der Waals surface area contributed by atoms with Crippen molar-refractivity contribution in [3.8, 4) is 0 Å². The Morgan fingerprint density at radius 1 is 1.57 bits per heavy atom. The van der Waals surface area contributed by atoms with E-state index in [0.717, 1.165) is 13.2 Å². The van der Waals surface area contributed by atoms with Gasteiger partial charge in [0, 0.05) is 25.8 Å². The van der Waals surface area contributed by atoms with Gasteiger partial charge in [-0.2, -0.15) is 0 Å². The fourth-order valence-corrected chi connectivity index (χ4v) is 1.24. The van der Waals surface area contributed by atoms with Crippen LogP contribution in [0.4, 0.5) is 0 Å². The molecule has 1 aliphatic heterocycles. The van der Waals surface area contributed by atoms with Crippen LogP contribution < -0.4 is 10.6 Å². The number of carbonyl (C=O) groups is 1. The minimum absolute atomic E-state index is 0.122. The van der Waals surface area contributed by atoms with Crippen LogP contribution in [0.3, 0.4) is 0 Å². The van der Waals surface area contributed by atoms with Crippen LogP contribution in [0.1, 0.15) is 6.92 Å². The van der Waals surface area contributed by atoms with Gasteiger partial charge in [0.25, 0.3) is 0 Å². The number of nitrogens with zero attached hydrogens (tertiary/aromatic N) is 1. The van der Waals surface area contributed by atoms with Crippen molar-refractivity contribution in [2.75, 3.05) is 26.3 Å². The van der Waals surface area contributed by atoms with Gasteiger partial charge in [0.05, 0.1) is 0 Å². The van der Waals surface area contributed by atoms with E-state index >= 15 is 0 Å². The number of nitrogens with one attached hydrogen (secondary N) is 2. The first-order chi connectivity index (χ1) is 6.75. The molecule has 0 saturated heterocycles. The first-order valence-electron chi connectivity index (χ1n) is 4.84. The Balaban J connectivity index is 2.10. The van der Waals surface area contributed by atoms with Gasteiger partial charge in [-0.05, 0) is 12.6 Å². The van der Waals surface area contributed by atoms with Gasteiger partial charge in [0.1, 0.15) is 6.23 Å². The second-order valence-electron chi connectivity index (χ2n) is 3.08. The molecule has 5 nitrogen and oxygen atoms in total.